The van der Waals surface area contributed by atoms with Crippen LogP contribution in [0.4, 0.5) is 4.39 Å². The summed E-state index contributed by atoms with van der Waals surface area (Å²) in [6.45, 7) is 0. The van der Waals surface area contributed by atoms with Crippen molar-refractivity contribution in [2.24, 2.45) is 5.92 Å². The van der Waals surface area contributed by atoms with Gasteiger partial charge in [-0.3, -0.25) is 0 Å². The van der Waals surface area contributed by atoms with Crippen molar-refractivity contribution in [3.8, 4) is 0 Å². The molecule has 0 amide bonds. The van der Waals surface area contributed by atoms with Crippen LogP contribution in [0.25, 0.3) is 0 Å². The highest BCUT2D eigenvalue weighted by molar-refractivity contribution is 5.30. The van der Waals surface area contributed by atoms with E-state index in [0.29, 0.717) is 11.3 Å². The topological polar surface area (TPSA) is 0 Å². The standard InChI is InChI=1S/C21H23F/c22-19-10-8-16(9-11-19)20-12-14-21(13-4-5-17(20)15-21)18-6-2-1-3-7-18/h1-3,6-11,17,20H,4-5,12-15H2. The van der Waals surface area contributed by atoms with Crippen LogP contribution in [-0.2, 0) is 5.41 Å². The Morgan fingerprint density at radius 1 is 0.864 bits per heavy atom. The molecule has 2 bridgehead atoms. The lowest BCUT2D eigenvalue weighted by Crippen LogP contribution is -2.39. The van der Waals surface area contributed by atoms with E-state index in [1.807, 2.05) is 12.1 Å². The summed E-state index contributed by atoms with van der Waals surface area (Å²) in [6.07, 6.45) is 7.82. The van der Waals surface area contributed by atoms with E-state index in [-0.39, 0.29) is 5.82 Å². The zero-order chi connectivity index (χ0) is 15.0. The molecule has 3 unspecified atom stereocenters. The van der Waals surface area contributed by atoms with E-state index < -0.39 is 0 Å². The van der Waals surface area contributed by atoms with Crippen molar-refractivity contribution < 1.29 is 4.39 Å². The zero-order valence-corrected chi connectivity index (χ0v) is 13.0. The smallest absolute Gasteiger partial charge is 0.123 e. The molecule has 0 spiro atoms. The number of hydrogen-bond acceptors (Lipinski definition) is 0. The lowest BCUT2D eigenvalue weighted by Gasteiger charge is -2.49. The van der Waals surface area contributed by atoms with Gasteiger partial charge in [0, 0.05) is 0 Å². The molecule has 0 aromatic heterocycles. The molecule has 0 saturated heterocycles. The van der Waals surface area contributed by atoms with E-state index in [9.17, 15) is 4.39 Å². The number of fused-ring (bicyclic) bond motifs is 2. The third-order valence-corrected chi connectivity index (χ3v) is 6.07. The zero-order valence-electron chi connectivity index (χ0n) is 13.0. The number of halogens is 1. The van der Waals surface area contributed by atoms with E-state index in [2.05, 4.69) is 30.3 Å². The molecule has 114 valence electrons. The average molecular weight is 294 g/mol. The van der Waals surface area contributed by atoms with Gasteiger partial charge < -0.3 is 0 Å². The van der Waals surface area contributed by atoms with Crippen LogP contribution in [0.5, 0.6) is 0 Å². The van der Waals surface area contributed by atoms with Gasteiger partial charge in [-0.1, -0.05) is 48.9 Å². The van der Waals surface area contributed by atoms with Gasteiger partial charge >= 0.3 is 0 Å². The quantitative estimate of drug-likeness (QED) is 0.653. The summed E-state index contributed by atoms with van der Waals surface area (Å²) < 4.78 is 13.2. The fourth-order valence-corrected chi connectivity index (χ4v) is 4.99. The number of benzene rings is 2. The van der Waals surface area contributed by atoms with Crippen LogP contribution in [0.15, 0.2) is 54.6 Å². The summed E-state index contributed by atoms with van der Waals surface area (Å²) in [5.41, 5.74) is 3.29. The summed E-state index contributed by atoms with van der Waals surface area (Å²) in [6, 6.07) is 18.4. The molecule has 22 heavy (non-hydrogen) atoms. The summed E-state index contributed by atoms with van der Waals surface area (Å²) in [5, 5.41) is 0. The minimum atomic E-state index is -0.123. The largest absolute Gasteiger partial charge is 0.207 e. The van der Waals surface area contributed by atoms with E-state index in [4.69, 9.17) is 0 Å². The first-order valence-corrected chi connectivity index (χ1v) is 8.58. The number of hydrogen-bond donors (Lipinski definition) is 0. The van der Waals surface area contributed by atoms with Gasteiger partial charge in [-0.15, -0.1) is 0 Å². The lowest BCUT2D eigenvalue weighted by molar-refractivity contribution is 0.127. The van der Waals surface area contributed by atoms with Crippen LogP contribution in [-0.4, -0.2) is 0 Å². The predicted molar refractivity (Wildman–Crippen MR) is 88.5 cm³/mol. The highest BCUT2D eigenvalue weighted by Crippen LogP contribution is 2.55. The van der Waals surface area contributed by atoms with Gasteiger partial charge in [0.2, 0.25) is 0 Å². The maximum Gasteiger partial charge on any atom is 0.123 e. The molecule has 0 nitrogen and oxygen atoms in total. The molecule has 0 radical (unpaired) electrons. The van der Waals surface area contributed by atoms with Crippen LogP contribution >= 0.6 is 0 Å². The first-order chi connectivity index (χ1) is 10.8. The van der Waals surface area contributed by atoms with Crippen molar-refractivity contribution >= 4 is 0 Å². The third-order valence-electron chi connectivity index (χ3n) is 6.07. The van der Waals surface area contributed by atoms with Gasteiger partial charge in [0.15, 0.2) is 0 Å². The van der Waals surface area contributed by atoms with Crippen molar-refractivity contribution in [3.05, 3.63) is 71.5 Å². The van der Waals surface area contributed by atoms with Gasteiger partial charge in [-0.05, 0) is 72.6 Å². The van der Waals surface area contributed by atoms with Crippen molar-refractivity contribution in [1.82, 2.24) is 0 Å². The molecule has 4 rings (SSSR count). The molecule has 0 N–H and O–H groups in total. The molecule has 2 aliphatic rings. The molecule has 0 heterocycles. The third kappa shape index (κ3) is 2.37. The van der Waals surface area contributed by atoms with Crippen molar-refractivity contribution in [1.29, 1.82) is 0 Å². The summed E-state index contributed by atoms with van der Waals surface area (Å²) in [4.78, 5) is 0. The monoisotopic (exact) mass is 294 g/mol. The molecular formula is C21H23F. The number of rotatable bonds is 2. The molecule has 2 aromatic carbocycles. The molecule has 2 aliphatic carbocycles. The fraction of sp³-hybridized carbons (Fsp3) is 0.429. The SMILES string of the molecule is Fc1ccc(C2CCC3(c4ccccc4)CCCC2C3)cc1. The van der Waals surface area contributed by atoms with E-state index in [1.54, 1.807) is 12.1 Å². The van der Waals surface area contributed by atoms with Crippen LogP contribution < -0.4 is 0 Å². The first-order valence-electron chi connectivity index (χ1n) is 8.58. The maximum atomic E-state index is 13.2. The first kappa shape index (κ1) is 14.0. The minimum absolute atomic E-state index is 0.123. The molecule has 2 aromatic rings. The molecule has 2 fully saturated rings. The Labute approximate surface area is 132 Å². The van der Waals surface area contributed by atoms with Gasteiger partial charge in [0.25, 0.3) is 0 Å². The van der Waals surface area contributed by atoms with E-state index in [1.165, 1.54) is 49.7 Å². The second kappa shape index (κ2) is 5.53. The van der Waals surface area contributed by atoms with Crippen molar-refractivity contribution in [3.63, 3.8) is 0 Å². The Morgan fingerprint density at radius 3 is 2.41 bits per heavy atom. The molecule has 2 saturated carbocycles. The van der Waals surface area contributed by atoms with Gasteiger partial charge in [0.05, 0.1) is 0 Å². The molecule has 1 heteroatoms. The summed E-state index contributed by atoms with van der Waals surface area (Å²) in [5.74, 6) is 1.26. The van der Waals surface area contributed by atoms with Crippen LogP contribution in [0.3, 0.4) is 0 Å². The van der Waals surface area contributed by atoms with E-state index in [0.717, 1.165) is 5.92 Å². The Kier molecular flexibility index (Phi) is 3.52. The van der Waals surface area contributed by atoms with Gasteiger partial charge in [-0.25, -0.2) is 4.39 Å². The summed E-state index contributed by atoms with van der Waals surface area (Å²) in [7, 11) is 0. The molecule has 3 atom stereocenters. The lowest BCUT2D eigenvalue weighted by atomic mass is 9.55. The highest BCUT2D eigenvalue weighted by atomic mass is 19.1. The summed E-state index contributed by atoms with van der Waals surface area (Å²) >= 11 is 0. The van der Waals surface area contributed by atoms with Crippen LogP contribution in [0.1, 0.15) is 55.6 Å². The molecular weight excluding hydrogens is 271 g/mol. The Hall–Kier alpha value is -1.63. The Balaban J connectivity index is 1.62. The normalized spacial score (nSPS) is 31.0. The van der Waals surface area contributed by atoms with Crippen molar-refractivity contribution in [2.45, 2.75) is 49.9 Å². The van der Waals surface area contributed by atoms with E-state index >= 15 is 0 Å². The van der Waals surface area contributed by atoms with Gasteiger partial charge in [-0.2, -0.15) is 0 Å². The molecule has 0 aliphatic heterocycles. The Bertz CT molecular complexity index is 631. The predicted octanol–water partition coefficient (Wildman–Crippen LogP) is 5.83. The second-order valence-electron chi connectivity index (χ2n) is 7.20. The fourth-order valence-electron chi connectivity index (χ4n) is 4.99. The van der Waals surface area contributed by atoms with Gasteiger partial charge in [0.1, 0.15) is 5.82 Å². The van der Waals surface area contributed by atoms with Crippen LogP contribution in [0, 0.1) is 11.7 Å². The van der Waals surface area contributed by atoms with Crippen molar-refractivity contribution in [2.75, 3.05) is 0 Å². The van der Waals surface area contributed by atoms with Crippen LogP contribution in [0.2, 0.25) is 0 Å². The maximum absolute atomic E-state index is 13.2. The minimum Gasteiger partial charge on any atom is -0.207 e. The Morgan fingerprint density at radius 2 is 1.64 bits per heavy atom. The highest BCUT2D eigenvalue weighted by Gasteiger charge is 2.44. The average Bonchev–Trinajstić information content (AvgIpc) is 2.57. The second-order valence-corrected chi connectivity index (χ2v) is 7.20.